The number of aryl methyl sites for hydroxylation is 1. The lowest BCUT2D eigenvalue weighted by molar-refractivity contribution is -0.132. The van der Waals surface area contributed by atoms with E-state index in [1.807, 2.05) is 0 Å². The average molecular weight is 444 g/mol. The van der Waals surface area contributed by atoms with E-state index in [9.17, 15) is 14.0 Å². The fourth-order valence-corrected chi connectivity index (χ4v) is 3.51. The van der Waals surface area contributed by atoms with Crippen molar-refractivity contribution in [2.45, 2.75) is 12.8 Å². The summed E-state index contributed by atoms with van der Waals surface area (Å²) in [4.78, 5) is 36.6. The van der Waals surface area contributed by atoms with Gasteiger partial charge < -0.3 is 14.3 Å². The van der Waals surface area contributed by atoms with Crippen LogP contribution in [0.2, 0.25) is 5.02 Å². The summed E-state index contributed by atoms with van der Waals surface area (Å²) >= 11 is 5.88. The van der Waals surface area contributed by atoms with E-state index >= 15 is 0 Å². The van der Waals surface area contributed by atoms with Crippen LogP contribution in [0, 0.1) is 5.82 Å². The molecule has 1 aliphatic heterocycles. The maximum atomic E-state index is 14.0. The number of carbonyl (C=O) groups is 2. The molecular formula is C21H19ClFN5O3. The van der Waals surface area contributed by atoms with Crippen molar-refractivity contribution in [1.82, 2.24) is 24.9 Å². The van der Waals surface area contributed by atoms with Crippen molar-refractivity contribution in [2.24, 2.45) is 0 Å². The Bertz CT molecular complexity index is 1080. The van der Waals surface area contributed by atoms with Crippen LogP contribution in [0.1, 0.15) is 22.7 Å². The van der Waals surface area contributed by atoms with Crippen molar-refractivity contribution in [1.29, 1.82) is 0 Å². The average Bonchev–Trinajstić information content (AvgIpc) is 3.28. The van der Waals surface area contributed by atoms with Gasteiger partial charge in [0.2, 0.25) is 17.6 Å². The van der Waals surface area contributed by atoms with Crippen LogP contribution in [0.5, 0.6) is 0 Å². The second-order valence-electron chi connectivity index (χ2n) is 7.04. The number of carbonyl (C=O) groups excluding carboxylic acids is 2. The smallest absolute Gasteiger partial charge is 0.257 e. The molecule has 0 aliphatic carbocycles. The van der Waals surface area contributed by atoms with Crippen LogP contribution in [0.3, 0.4) is 0 Å². The Morgan fingerprint density at radius 2 is 1.77 bits per heavy atom. The summed E-state index contributed by atoms with van der Waals surface area (Å²) in [6, 6.07) is 7.44. The van der Waals surface area contributed by atoms with Crippen molar-refractivity contribution in [3.63, 3.8) is 0 Å². The van der Waals surface area contributed by atoms with Gasteiger partial charge in [-0.25, -0.2) is 4.39 Å². The molecular weight excluding hydrogens is 425 g/mol. The highest BCUT2D eigenvalue weighted by Gasteiger charge is 2.26. The molecule has 8 nitrogen and oxygen atoms in total. The van der Waals surface area contributed by atoms with Crippen LogP contribution in [-0.2, 0) is 11.2 Å². The molecule has 1 fully saturated rings. The number of piperazine rings is 1. The minimum atomic E-state index is -0.612. The lowest BCUT2D eigenvalue weighted by atomic mass is 10.1. The first kappa shape index (κ1) is 20.9. The molecule has 0 radical (unpaired) electrons. The maximum Gasteiger partial charge on any atom is 0.257 e. The fourth-order valence-electron chi connectivity index (χ4n) is 3.34. The minimum Gasteiger partial charge on any atom is -0.339 e. The Hall–Kier alpha value is -3.33. The predicted molar refractivity (Wildman–Crippen MR) is 110 cm³/mol. The van der Waals surface area contributed by atoms with Gasteiger partial charge in [0, 0.05) is 62.0 Å². The topological polar surface area (TPSA) is 92.4 Å². The summed E-state index contributed by atoms with van der Waals surface area (Å²) < 4.78 is 19.2. The van der Waals surface area contributed by atoms with Crippen molar-refractivity contribution in [3.05, 3.63) is 65.0 Å². The lowest BCUT2D eigenvalue weighted by Gasteiger charge is -2.35. The van der Waals surface area contributed by atoms with Crippen LogP contribution < -0.4 is 0 Å². The lowest BCUT2D eigenvalue weighted by Crippen LogP contribution is -2.50. The second kappa shape index (κ2) is 9.22. The molecule has 1 aliphatic rings. The number of rotatable bonds is 5. The Kier molecular flexibility index (Phi) is 6.22. The summed E-state index contributed by atoms with van der Waals surface area (Å²) in [5.74, 6) is -0.277. The Balaban J connectivity index is 1.28. The zero-order valence-electron chi connectivity index (χ0n) is 16.5. The Morgan fingerprint density at radius 1 is 1.06 bits per heavy atom. The van der Waals surface area contributed by atoms with Crippen molar-refractivity contribution in [3.8, 4) is 11.4 Å². The number of hydrogen-bond acceptors (Lipinski definition) is 6. The van der Waals surface area contributed by atoms with Crippen LogP contribution in [0.25, 0.3) is 11.4 Å². The highest BCUT2D eigenvalue weighted by atomic mass is 35.5. The van der Waals surface area contributed by atoms with Crippen LogP contribution in [0.4, 0.5) is 4.39 Å². The molecule has 0 saturated carbocycles. The second-order valence-corrected chi connectivity index (χ2v) is 7.48. The van der Waals surface area contributed by atoms with E-state index in [2.05, 4.69) is 15.1 Å². The van der Waals surface area contributed by atoms with Gasteiger partial charge >= 0.3 is 0 Å². The summed E-state index contributed by atoms with van der Waals surface area (Å²) in [5, 5.41) is 4.22. The third kappa shape index (κ3) is 4.88. The van der Waals surface area contributed by atoms with Crippen molar-refractivity contribution >= 4 is 23.4 Å². The van der Waals surface area contributed by atoms with Gasteiger partial charge in [-0.3, -0.25) is 14.6 Å². The first-order chi connectivity index (χ1) is 15.0. The molecule has 160 valence electrons. The highest BCUT2D eigenvalue weighted by molar-refractivity contribution is 6.31. The van der Waals surface area contributed by atoms with Gasteiger partial charge in [0.15, 0.2) is 0 Å². The SMILES string of the molecule is O=C(CCc1nc(-c2ccncc2)no1)N1CCN(C(=O)c2cc(Cl)ccc2F)CC1. The fraction of sp³-hybridized carbons (Fsp3) is 0.286. The van der Waals surface area contributed by atoms with E-state index in [0.29, 0.717) is 49.3 Å². The molecule has 0 N–H and O–H groups in total. The standard InChI is InChI=1S/C21H19ClFN5O3/c22-15-1-2-17(23)16(13-15)21(30)28-11-9-27(10-12-28)19(29)4-3-18-25-20(26-31-18)14-5-7-24-8-6-14/h1-2,5-8,13H,3-4,9-12H2. The molecule has 3 heterocycles. The molecule has 1 aromatic carbocycles. The first-order valence-corrected chi connectivity index (χ1v) is 10.1. The molecule has 0 spiro atoms. The molecule has 2 amide bonds. The number of hydrogen-bond donors (Lipinski definition) is 0. The zero-order valence-corrected chi connectivity index (χ0v) is 17.3. The van der Waals surface area contributed by atoms with Crippen molar-refractivity contribution in [2.75, 3.05) is 26.2 Å². The molecule has 4 rings (SSSR count). The Labute approximate surface area is 182 Å². The number of benzene rings is 1. The van der Waals surface area contributed by atoms with Gasteiger partial charge in [-0.15, -0.1) is 0 Å². The van der Waals surface area contributed by atoms with E-state index in [-0.39, 0.29) is 17.9 Å². The first-order valence-electron chi connectivity index (χ1n) is 9.76. The van der Waals surface area contributed by atoms with E-state index in [0.717, 1.165) is 5.56 Å². The Morgan fingerprint density at radius 3 is 2.52 bits per heavy atom. The molecule has 2 aromatic heterocycles. The monoisotopic (exact) mass is 443 g/mol. The van der Waals surface area contributed by atoms with Gasteiger partial charge in [-0.2, -0.15) is 4.98 Å². The minimum absolute atomic E-state index is 0.0614. The van der Waals surface area contributed by atoms with Gasteiger partial charge in [-0.05, 0) is 30.3 Å². The summed E-state index contributed by atoms with van der Waals surface area (Å²) in [6.45, 7) is 1.39. The van der Waals surface area contributed by atoms with Crippen molar-refractivity contribution < 1.29 is 18.5 Å². The van der Waals surface area contributed by atoms with Crippen LogP contribution >= 0.6 is 11.6 Å². The number of amides is 2. The van der Waals surface area contributed by atoms with E-state index in [1.165, 1.54) is 23.1 Å². The van der Waals surface area contributed by atoms with Gasteiger partial charge in [-0.1, -0.05) is 16.8 Å². The molecule has 3 aromatic rings. The summed E-state index contributed by atoms with van der Waals surface area (Å²) in [7, 11) is 0. The number of nitrogens with zero attached hydrogens (tertiary/aromatic N) is 5. The van der Waals surface area contributed by atoms with Gasteiger partial charge in [0.1, 0.15) is 5.82 Å². The van der Waals surface area contributed by atoms with E-state index < -0.39 is 11.7 Å². The molecule has 31 heavy (non-hydrogen) atoms. The third-order valence-electron chi connectivity index (χ3n) is 5.04. The predicted octanol–water partition coefficient (Wildman–Crippen LogP) is 2.84. The number of halogens is 2. The molecule has 0 atom stereocenters. The van der Waals surface area contributed by atoms with Gasteiger partial charge in [0.25, 0.3) is 5.91 Å². The highest BCUT2D eigenvalue weighted by Crippen LogP contribution is 2.18. The van der Waals surface area contributed by atoms with Crippen LogP contribution in [0.15, 0.2) is 47.2 Å². The summed E-state index contributed by atoms with van der Waals surface area (Å²) in [6.07, 6.45) is 3.82. The molecule has 1 saturated heterocycles. The quantitative estimate of drug-likeness (QED) is 0.602. The van der Waals surface area contributed by atoms with Gasteiger partial charge in [0.05, 0.1) is 5.56 Å². The molecule has 0 bridgehead atoms. The third-order valence-corrected chi connectivity index (χ3v) is 5.27. The summed E-state index contributed by atoms with van der Waals surface area (Å²) in [5.41, 5.74) is 0.724. The zero-order chi connectivity index (χ0) is 21.8. The largest absolute Gasteiger partial charge is 0.339 e. The maximum absolute atomic E-state index is 14.0. The molecule has 0 unspecified atom stereocenters. The van der Waals surface area contributed by atoms with E-state index in [1.54, 1.807) is 29.4 Å². The number of aromatic nitrogens is 3. The molecule has 10 heteroatoms. The normalized spacial score (nSPS) is 14.0. The van der Waals surface area contributed by atoms with Crippen LogP contribution in [-0.4, -0.2) is 62.9 Å². The number of pyridine rings is 1. The van der Waals surface area contributed by atoms with E-state index in [4.69, 9.17) is 16.1 Å².